The lowest BCUT2D eigenvalue weighted by atomic mass is 10.4. The molecule has 1 aromatic rings. The molecule has 6 heteroatoms. The van der Waals surface area contributed by atoms with Crippen molar-refractivity contribution in [3.05, 3.63) is 41.0 Å². The van der Waals surface area contributed by atoms with Crippen molar-refractivity contribution in [2.24, 2.45) is 4.36 Å². The average molecular weight is 374 g/mol. The molecule has 116 valence electrons. The number of hydrogen-bond acceptors (Lipinski definition) is 4. The number of carbonyl (C=O) groups excluding carboxylic acids is 1. The van der Waals surface area contributed by atoms with Crippen LogP contribution in [-0.2, 0) is 19.3 Å². The van der Waals surface area contributed by atoms with Crippen molar-refractivity contribution in [1.82, 2.24) is 0 Å². The highest BCUT2D eigenvalue weighted by Crippen LogP contribution is 2.17. The van der Waals surface area contributed by atoms with Crippen molar-refractivity contribution in [2.45, 2.75) is 31.6 Å². The van der Waals surface area contributed by atoms with Gasteiger partial charge >= 0.3 is 5.97 Å². The predicted octanol–water partition coefficient (Wildman–Crippen LogP) is 4.11. The molecule has 0 bridgehead atoms. The molecule has 4 nitrogen and oxygen atoms in total. The first-order valence-electron chi connectivity index (χ1n) is 6.85. The summed E-state index contributed by atoms with van der Waals surface area (Å²) in [6.07, 6.45) is 3.03. The Bertz CT molecular complexity index is 605. The maximum absolute atomic E-state index is 13.0. The van der Waals surface area contributed by atoms with Crippen molar-refractivity contribution in [2.75, 3.05) is 12.4 Å². The molecular formula is C15H20BrNO3S. The van der Waals surface area contributed by atoms with Crippen LogP contribution >= 0.6 is 15.9 Å². The second-order valence-electron chi connectivity index (χ2n) is 4.31. The Morgan fingerprint density at radius 1 is 1.33 bits per heavy atom. The Kier molecular flexibility index (Phi) is 7.67. The number of rotatable bonds is 7. The molecule has 0 aliphatic heterocycles. The highest BCUT2D eigenvalue weighted by atomic mass is 79.9. The first-order chi connectivity index (χ1) is 10.0. The molecule has 0 aliphatic rings. The third-order valence-corrected chi connectivity index (χ3v) is 5.52. The van der Waals surface area contributed by atoms with Gasteiger partial charge in [0.05, 0.1) is 22.5 Å². The fraction of sp³-hybridized carbons (Fsp3) is 0.400. The fourth-order valence-corrected chi connectivity index (χ4v) is 3.94. The summed E-state index contributed by atoms with van der Waals surface area (Å²) in [4.78, 5) is 12.2. The van der Waals surface area contributed by atoms with E-state index in [1.165, 1.54) is 6.20 Å². The smallest absolute Gasteiger partial charge is 0.346 e. The van der Waals surface area contributed by atoms with E-state index in [4.69, 9.17) is 4.74 Å². The standard InChI is InChI=1S/C15H20BrNO3S/c1-3-5-11-21(19,13-9-7-6-8-10-13)17-12-14(16)15(18)20-4-2/h6-10,12H,3-5,11H2,1-2H3/b14-12-. The number of nitrogens with zero attached hydrogens (tertiary/aromatic N) is 1. The lowest BCUT2D eigenvalue weighted by molar-refractivity contribution is -0.137. The van der Waals surface area contributed by atoms with Crippen molar-refractivity contribution in [3.63, 3.8) is 0 Å². The normalized spacial score (nSPS) is 14.3. The van der Waals surface area contributed by atoms with Gasteiger partial charge in [0.2, 0.25) is 0 Å². The molecule has 0 aromatic heterocycles. The zero-order chi connectivity index (χ0) is 15.7. The molecule has 0 amide bonds. The molecule has 0 saturated heterocycles. The first kappa shape index (κ1) is 17.9. The Morgan fingerprint density at radius 3 is 2.57 bits per heavy atom. The van der Waals surface area contributed by atoms with E-state index in [2.05, 4.69) is 20.3 Å². The summed E-state index contributed by atoms with van der Waals surface area (Å²) in [5.74, 6) is -0.0424. The van der Waals surface area contributed by atoms with Crippen LogP contribution in [0.1, 0.15) is 26.7 Å². The Balaban J connectivity index is 3.14. The van der Waals surface area contributed by atoms with Crippen LogP contribution in [0.15, 0.2) is 50.3 Å². The Labute approximate surface area is 134 Å². The van der Waals surface area contributed by atoms with Gasteiger partial charge < -0.3 is 4.74 Å². The van der Waals surface area contributed by atoms with Gasteiger partial charge in [0.1, 0.15) is 4.48 Å². The van der Waals surface area contributed by atoms with Gasteiger partial charge in [0, 0.05) is 10.6 Å². The summed E-state index contributed by atoms with van der Waals surface area (Å²) in [6.45, 7) is 4.05. The van der Waals surface area contributed by atoms with Crippen LogP contribution in [-0.4, -0.2) is 22.5 Å². The van der Waals surface area contributed by atoms with Gasteiger partial charge in [0.15, 0.2) is 0 Å². The molecule has 1 unspecified atom stereocenters. The van der Waals surface area contributed by atoms with Gasteiger partial charge in [-0.05, 0) is 41.4 Å². The van der Waals surface area contributed by atoms with Crippen molar-refractivity contribution in [3.8, 4) is 0 Å². The Morgan fingerprint density at radius 2 is 2.00 bits per heavy atom. The molecule has 0 saturated carbocycles. The van der Waals surface area contributed by atoms with Crippen molar-refractivity contribution >= 4 is 31.6 Å². The maximum Gasteiger partial charge on any atom is 0.346 e. The van der Waals surface area contributed by atoms with E-state index in [0.29, 0.717) is 10.6 Å². The van der Waals surface area contributed by atoms with Crippen LogP contribution in [0, 0.1) is 0 Å². The second kappa shape index (κ2) is 9.00. The minimum absolute atomic E-state index is 0.171. The molecule has 21 heavy (non-hydrogen) atoms. The minimum atomic E-state index is -2.56. The molecule has 0 heterocycles. The van der Waals surface area contributed by atoms with Gasteiger partial charge in [-0.25, -0.2) is 13.4 Å². The maximum atomic E-state index is 13.0. The SMILES string of the molecule is CCCCS(=O)(=N/C=C(\Br)C(=O)OCC)c1ccccc1. The molecule has 1 aromatic carbocycles. The number of benzene rings is 1. The largest absolute Gasteiger partial charge is 0.462 e. The second-order valence-corrected chi connectivity index (χ2v) is 7.54. The summed E-state index contributed by atoms with van der Waals surface area (Å²) in [7, 11) is -2.56. The van der Waals surface area contributed by atoms with Gasteiger partial charge in [-0.2, -0.15) is 0 Å². The number of hydrogen-bond donors (Lipinski definition) is 0. The summed E-state index contributed by atoms with van der Waals surface area (Å²) < 4.78 is 22.3. The van der Waals surface area contributed by atoms with E-state index in [1.54, 1.807) is 19.1 Å². The number of esters is 1. The highest BCUT2D eigenvalue weighted by molar-refractivity contribution is 9.12. The lowest BCUT2D eigenvalue weighted by Crippen LogP contribution is -2.07. The summed E-state index contributed by atoms with van der Waals surface area (Å²) in [6, 6.07) is 9.13. The van der Waals surface area contributed by atoms with Crippen LogP contribution < -0.4 is 0 Å². The molecule has 0 spiro atoms. The third-order valence-electron chi connectivity index (χ3n) is 2.69. The van der Waals surface area contributed by atoms with Crippen LogP contribution in [0.5, 0.6) is 0 Å². The van der Waals surface area contributed by atoms with Crippen molar-refractivity contribution < 1.29 is 13.7 Å². The number of ether oxygens (including phenoxy) is 1. The summed E-state index contributed by atoms with van der Waals surface area (Å²) in [5.41, 5.74) is 0. The molecule has 0 aliphatic carbocycles. The van der Waals surface area contributed by atoms with Crippen LogP contribution in [0.2, 0.25) is 0 Å². The summed E-state index contributed by atoms with van der Waals surface area (Å²) in [5, 5.41) is 0. The van der Waals surface area contributed by atoms with Gasteiger partial charge in [-0.1, -0.05) is 31.5 Å². The van der Waals surface area contributed by atoms with E-state index in [1.807, 2.05) is 25.1 Å². The molecule has 1 rings (SSSR count). The highest BCUT2D eigenvalue weighted by Gasteiger charge is 2.12. The molecule has 1 atom stereocenters. The quantitative estimate of drug-likeness (QED) is 0.533. The first-order valence-corrected chi connectivity index (χ1v) is 9.33. The van der Waals surface area contributed by atoms with Gasteiger partial charge in [-0.3, -0.25) is 0 Å². The topological polar surface area (TPSA) is 55.7 Å². The van der Waals surface area contributed by atoms with Crippen LogP contribution in [0.25, 0.3) is 0 Å². The lowest BCUT2D eigenvalue weighted by Gasteiger charge is -2.09. The predicted molar refractivity (Wildman–Crippen MR) is 88.7 cm³/mol. The van der Waals surface area contributed by atoms with Crippen molar-refractivity contribution in [1.29, 1.82) is 0 Å². The monoisotopic (exact) mass is 373 g/mol. The summed E-state index contributed by atoms with van der Waals surface area (Å²) >= 11 is 3.10. The molecular weight excluding hydrogens is 354 g/mol. The molecule has 0 radical (unpaired) electrons. The molecule has 0 fully saturated rings. The number of halogens is 1. The number of carbonyl (C=O) groups is 1. The Hall–Kier alpha value is -1.14. The van der Waals surface area contributed by atoms with E-state index < -0.39 is 15.7 Å². The minimum Gasteiger partial charge on any atom is -0.462 e. The van der Waals surface area contributed by atoms with E-state index in [9.17, 15) is 9.00 Å². The third kappa shape index (κ3) is 5.63. The van der Waals surface area contributed by atoms with Gasteiger partial charge in [-0.15, -0.1) is 0 Å². The van der Waals surface area contributed by atoms with E-state index in [-0.39, 0.29) is 11.1 Å². The van der Waals surface area contributed by atoms with E-state index in [0.717, 1.165) is 12.8 Å². The van der Waals surface area contributed by atoms with E-state index >= 15 is 0 Å². The van der Waals surface area contributed by atoms with Gasteiger partial charge in [0.25, 0.3) is 0 Å². The average Bonchev–Trinajstić information content (AvgIpc) is 2.51. The zero-order valence-corrected chi connectivity index (χ0v) is 14.7. The number of unbranched alkanes of at least 4 members (excludes halogenated alkanes) is 1. The zero-order valence-electron chi connectivity index (χ0n) is 12.3. The molecule has 0 N–H and O–H groups in total. The fourth-order valence-electron chi connectivity index (χ4n) is 1.59. The van der Waals surface area contributed by atoms with Crippen LogP contribution in [0.4, 0.5) is 0 Å². The van der Waals surface area contributed by atoms with Crippen LogP contribution in [0.3, 0.4) is 0 Å².